The van der Waals surface area contributed by atoms with Crippen LogP contribution < -0.4 is 5.32 Å². The summed E-state index contributed by atoms with van der Waals surface area (Å²) in [7, 11) is 0. The summed E-state index contributed by atoms with van der Waals surface area (Å²) in [5.41, 5.74) is 4.25. The summed E-state index contributed by atoms with van der Waals surface area (Å²) in [6.45, 7) is 4.12. The van der Waals surface area contributed by atoms with Crippen LogP contribution in [0.1, 0.15) is 73.3 Å². The van der Waals surface area contributed by atoms with Gasteiger partial charge in [-0.3, -0.25) is 4.79 Å². The fraction of sp³-hybridized carbons (Fsp3) is 0.517. The molecule has 1 aliphatic carbocycles. The lowest BCUT2D eigenvalue weighted by Gasteiger charge is -2.32. The highest BCUT2D eigenvalue weighted by Crippen LogP contribution is 2.31. The molecule has 1 N–H and O–H groups in total. The Morgan fingerprint density at radius 2 is 1.76 bits per heavy atom. The number of nitrogens with one attached hydrogen (secondary N) is 1. The van der Waals surface area contributed by atoms with Gasteiger partial charge in [0.1, 0.15) is 0 Å². The highest BCUT2D eigenvalue weighted by Gasteiger charge is 2.20. The van der Waals surface area contributed by atoms with E-state index in [4.69, 9.17) is 0 Å². The van der Waals surface area contributed by atoms with Gasteiger partial charge < -0.3 is 14.8 Å². The lowest BCUT2D eigenvalue weighted by molar-refractivity contribution is 0.0950. The highest BCUT2D eigenvalue weighted by molar-refractivity contribution is 5.97. The SMILES string of the molecule is O=C(NCCCN1CCC(Cc2ccccc2)CC1)c1ccc2c(c1)ncn2C1CCCCC1. The lowest BCUT2D eigenvalue weighted by Crippen LogP contribution is -2.36. The van der Waals surface area contributed by atoms with Crippen molar-refractivity contribution in [1.29, 1.82) is 0 Å². The highest BCUT2D eigenvalue weighted by atomic mass is 16.1. The van der Waals surface area contributed by atoms with Crippen molar-refractivity contribution in [2.45, 2.75) is 63.8 Å². The van der Waals surface area contributed by atoms with Gasteiger partial charge >= 0.3 is 0 Å². The molecule has 3 aromatic rings. The van der Waals surface area contributed by atoms with Gasteiger partial charge in [0.15, 0.2) is 0 Å². The number of imidazole rings is 1. The second kappa shape index (κ2) is 11.2. The molecule has 2 aliphatic rings. The number of fused-ring (bicyclic) bond motifs is 1. The van der Waals surface area contributed by atoms with Crippen molar-refractivity contribution in [2.24, 2.45) is 5.92 Å². The van der Waals surface area contributed by atoms with Crippen LogP contribution >= 0.6 is 0 Å². The quantitative estimate of drug-likeness (QED) is 0.446. The first kappa shape index (κ1) is 23.1. The zero-order chi connectivity index (χ0) is 23.2. The molecule has 1 amide bonds. The molecule has 0 atom stereocenters. The Morgan fingerprint density at radius 3 is 2.56 bits per heavy atom. The molecule has 0 unspecified atom stereocenters. The summed E-state index contributed by atoms with van der Waals surface area (Å²) >= 11 is 0. The number of hydrogen-bond donors (Lipinski definition) is 1. The van der Waals surface area contributed by atoms with E-state index in [1.807, 2.05) is 18.5 Å². The molecule has 1 saturated carbocycles. The van der Waals surface area contributed by atoms with E-state index < -0.39 is 0 Å². The number of hydrogen-bond acceptors (Lipinski definition) is 3. The smallest absolute Gasteiger partial charge is 0.251 e. The molecule has 5 rings (SSSR count). The number of carbonyl (C=O) groups excluding carboxylic acids is 1. The average Bonchev–Trinajstić information content (AvgIpc) is 3.32. The standard InChI is InChI=1S/C29H38N4O/c34-29(25-12-13-28-27(21-25)31-22-33(28)26-10-5-2-6-11-26)30-16-7-17-32-18-14-24(15-19-32)20-23-8-3-1-4-9-23/h1,3-4,8-9,12-13,21-22,24,26H,2,5-7,10-11,14-20H2,(H,30,34). The van der Waals surface area contributed by atoms with Gasteiger partial charge in [0.2, 0.25) is 0 Å². The first-order chi connectivity index (χ1) is 16.8. The van der Waals surface area contributed by atoms with Crippen molar-refractivity contribution in [3.05, 3.63) is 66.0 Å². The van der Waals surface area contributed by atoms with E-state index in [-0.39, 0.29) is 5.91 Å². The van der Waals surface area contributed by atoms with E-state index in [0.717, 1.165) is 36.5 Å². The molecule has 0 radical (unpaired) electrons. The molecular formula is C29H38N4O. The number of piperidine rings is 1. The van der Waals surface area contributed by atoms with Crippen LogP contribution in [0.3, 0.4) is 0 Å². The molecule has 5 nitrogen and oxygen atoms in total. The molecule has 180 valence electrons. The molecule has 1 aliphatic heterocycles. The second-order valence-electron chi connectivity index (χ2n) is 10.2. The summed E-state index contributed by atoms with van der Waals surface area (Å²) in [5, 5.41) is 3.11. The normalized spacial score (nSPS) is 18.4. The second-order valence-corrected chi connectivity index (χ2v) is 10.2. The number of aromatic nitrogens is 2. The van der Waals surface area contributed by atoms with Gasteiger partial charge in [-0.15, -0.1) is 0 Å². The number of amides is 1. The molecule has 0 spiro atoms. The maximum absolute atomic E-state index is 12.7. The van der Waals surface area contributed by atoms with Crippen LogP contribution in [-0.2, 0) is 6.42 Å². The van der Waals surface area contributed by atoms with Crippen molar-refractivity contribution in [3.63, 3.8) is 0 Å². The van der Waals surface area contributed by atoms with Gasteiger partial charge in [-0.05, 0) is 87.8 Å². The van der Waals surface area contributed by atoms with Crippen LogP contribution in [0.15, 0.2) is 54.9 Å². The van der Waals surface area contributed by atoms with Crippen LogP contribution in [0, 0.1) is 5.92 Å². The van der Waals surface area contributed by atoms with Crippen molar-refractivity contribution in [3.8, 4) is 0 Å². The molecule has 34 heavy (non-hydrogen) atoms. The maximum Gasteiger partial charge on any atom is 0.251 e. The minimum absolute atomic E-state index is 0.00989. The van der Waals surface area contributed by atoms with Crippen LogP contribution in [0.25, 0.3) is 11.0 Å². The number of rotatable bonds is 8. The summed E-state index contributed by atoms with van der Waals surface area (Å²) < 4.78 is 2.32. The number of carbonyl (C=O) groups is 1. The van der Waals surface area contributed by atoms with Gasteiger partial charge in [-0.25, -0.2) is 4.98 Å². The minimum atomic E-state index is 0.00989. The first-order valence-corrected chi connectivity index (χ1v) is 13.3. The number of nitrogens with zero attached hydrogens (tertiary/aromatic N) is 3. The van der Waals surface area contributed by atoms with Crippen LogP contribution in [0.4, 0.5) is 0 Å². The van der Waals surface area contributed by atoms with E-state index >= 15 is 0 Å². The van der Waals surface area contributed by atoms with Crippen LogP contribution in [-0.4, -0.2) is 46.5 Å². The molecule has 1 saturated heterocycles. The van der Waals surface area contributed by atoms with E-state index in [0.29, 0.717) is 11.6 Å². The van der Waals surface area contributed by atoms with Crippen LogP contribution in [0.5, 0.6) is 0 Å². The Labute approximate surface area is 203 Å². The van der Waals surface area contributed by atoms with E-state index in [1.165, 1.54) is 70.0 Å². The third kappa shape index (κ3) is 5.69. The zero-order valence-corrected chi connectivity index (χ0v) is 20.3. The molecule has 5 heteroatoms. The fourth-order valence-electron chi connectivity index (χ4n) is 5.79. The molecular weight excluding hydrogens is 420 g/mol. The van der Waals surface area contributed by atoms with Crippen LogP contribution in [0.2, 0.25) is 0 Å². The summed E-state index contributed by atoms with van der Waals surface area (Å²) in [5.74, 6) is 0.811. The third-order valence-corrected chi connectivity index (χ3v) is 7.82. The Balaban J connectivity index is 1.04. The van der Waals surface area contributed by atoms with Crippen molar-refractivity contribution >= 4 is 16.9 Å². The maximum atomic E-state index is 12.7. The van der Waals surface area contributed by atoms with Crippen molar-refractivity contribution < 1.29 is 4.79 Å². The van der Waals surface area contributed by atoms with Crippen molar-refractivity contribution in [2.75, 3.05) is 26.2 Å². The van der Waals surface area contributed by atoms with E-state index in [9.17, 15) is 4.79 Å². The van der Waals surface area contributed by atoms with E-state index in [1.54, 1.807) is 0 Å². The monoisotopic (exact) mass is 458 g/mol. The zero-order valence-electron chi connectivity index (χ0n) is 20.3. The Bertz CT molecular complexity index is 1060. The minimum Gasteiger partial charge on any atom is -0.352 e. The van der Waals surface area contributed by atoms with Gasteiger partial charge in [0.05, 0.1) is 17.4 Å². The average molecular weight is 459 g/mol. The predicted molar refractivity (Wildman–Crippen MR) is 138 cm³/mol. The fourth-order valence-corrected chi connectivity index (χ4v) is 5.79. The van der Waals surface area contributed by atoms with Crippen molar-refractivity contribution in [1.82, 2.24) is 19.8 Å². The molecule has 2 heterocycles. The number of benzene rings is 2. The third-order valence-electron chi connectivity index (χ3n) is 7.82. The Hall–Kier alpha value is -2.66. The molecule has 2 fully saturated rings. The lowest BCUT2D eigenvalue weighted by atomic mass is 9.90. The van der Waals surface area contributed by atoms with Gasteiger partial charge in [0.25, 0.3) is 5.91 Å². The molecule has 2 aromatic carbocycles. The Kier molecular flexibility index (Phi) is 7.59. The predicted octanol–water partition coefficient (Wildman–Crippen LogP) is 5.62. The molecule has 0 bridgehead atoms. The van der Waals surface area contributed by atoms with Gasteiger partial charge in [-0.1, -0.05) is 49.6 Å². The van der Waals surface area contributed by atoms with Gasteiger partial charge in [-0.2, -0.15) is 0 Å². The van der Waals surface area contributed by atoms with Gasteiger partial charge in [0, 0.05) is 18.2 Å². The Morgan fingerprint density at radius 1 is 0.971 bits per heavy atom. The summed E-state index contributed by atoms with van der Waals surface area (Å²) in [6, 6.07) is 17.4. The largest absolute Gasteiger partial charge is 0.352 e. The number of likely N-dealkylation sites (tertiary alicyclic amines) is 1. The molecule has 1 aromatic heterocycles. The summed E-state index contributed by atoms with van der Waals surface area (Å²) in [6.07, 6.45) is 13.1. The topological polar surface area (TPSA) is 50.2 Å². The van der Waals surface area contributed by atoms with E-state index in [2.05, 4.69) is 56.2 Å². The summed E-state index contributed by atoms with van der Waals surface area (Å²) in [4.78, 5) is 19.9. The first-order valence-electron chi connectivity index (χ1n) is 13.3.